The highest BCUT2D eigenvalue weighted by Gasteiger charge is 2.37. The van der Waals surface area contributed by atoms with Crippen molar-refractivity contribution in [2.75, 3.05) is 19.7 Å². The molecule has 2 rings (SSSR count). The number of hydrogen-bond acceptors (Lipinski definition) is 3. The molecule has 0 aromatic heterocycles. The molecule has 2 fully saturated rings. The Balaban J connectivity index is 1.94. The molecule has 0 bridgehead atoms. The molecule has 2 atom stereocenters. The third kappa shape index (κ3) is 2.23. The van der Waals surface area contributed by atoms with Gasteiger partial charge in [0.25, 0.3) is 5.91 Å². The van der Waals surface area contributed by atoms with E-state index in [1.54, 1.807) is 0 Å². The minimum Gasteiger partial charge on any atom is -0.368 e. The molecule has 2 aliphatic heterocycles. The van der Waals surface area contributed by atoms with E-state index in [1.165, 1.54) is 0 Å². The smallest absolute Gasteiger partial charge is 0.251 e. The summed E-state index contributed by atoms with van der Waals surface area (Å²) in [6.07, 6.45) is 2.65. The summed E-state index contributed by atoms with van der Waals surface area (Å²) in [5.74, 6) is 0.142. The first kappa shape index (κ1) is 11.9. The average Bonchev–Trinajstić information content (AvgIpc) is 2.74. The highest BCUT2D eigenvalue weighted by atomic mass is 16.5. The van der Waals surface area contributed by atoms with Gasteiger partial charge in [0, 0.05) is 25.7 Å². The maximum absolute atomic E-state index is 12.1. The second-order valence-electron chi connectivity index (χ2n) is 5.63. The average molecular weight is 226 g/mol. The summed E-state index contributed by atoms with van der Waals surface area (Å²) in [5, 5.41) is 0. The molecule has 2 saturated heterocycles. The normalized spacial score (nSPS) is 34.1. The van der Waals surface area contributed by atoms with Crippen LogP contribution >= 0.6 is 0 Å². The van der Waals surface area contributed by atoms with Crippen LogP contribution in [0.4, 0.5) is 0 Å². The molecule has 0 saturated carbocycles. The van der Waals surface area contributed by atoms with Crippen LogP contribution in [0.25, 0.3) is 0 Å². The van der Waals surface area contributed by atoms with E-state index in [-0.39, 0.29) is 23.5 Å². The maximum Gasteiger partial charge on any atom is 0.251 e. The van der Waals surface area contributed by atoms with E-state index in [0.717, 1.165) is 32.4 Å². The molecular weight excluding hydrogens is 204 g/mol. The van der Waals surface area contributed by atoms with Crippen LogP contribution in [0, 0.1) is 5.41 Å². The van der Waals surface area contributed by atoms with Crippen LogP contribution in [0.5, 0.6) is 0 Å². The molecule has 2 aliphatic rings. The first-order valence-electron chi connectivity index (χ1n) is 6.17. The van der Waals surface area contributed by atoms with Gasteiger partial charge >= 0.3 is 0 Å². The zero-order chi connectivity index (χ0) is 11.8. The summed E-state index contributed by atoms with van der Waals surface area (Å²) in [6.45, 7) is 6.56. The molecule has 2 heterocycles. The van der Waals surface area contributed by atoms with E-state index in [2.05, 4.69) is 13.8 Å². The van der Waals surface area contributed by atoms with Crippen molar-refractivity contribution in [3.63, 3.8) is 0 Å². The number of rotatable bonds is 1. The summed E-state index contributed by atoms with van der Waals surface area (Å²) in [7, 11) is 0. The second-order valence-corrected chi connectivity index (χ2v) is 5.63. The number of nitrogens with zero attached hydrogens (tertiary/aromatic N) is 1. The van der Waals surface area contributed by atoms with Crippen LogP contribution in [0.15, 0.2) is 0 Å². The minimum absolute atomic E-state index is 0.0756. The molecule has 16 heavy (non-hydrogen) atoms. The maximum atomic E-state index is 12.1. The Hall–Kier alpha value is -0.610. The topological polar surface area (TPSA) is 55.6 Å². The molecule has 0 aromatic rings. The van der Waals surface area contributed by atoms with Crippen molar-refractivity contribution in [3.05, 3.63) is 0 Å². The molecule has 4 heteroatoms. The predicted octanol–water partition coefficient (Wildman–Crippen LogP) is 0.751. The summed E-state index contributed by atoms with van der Waals surface area (Å²) < 4.78 is 5.42. The van der Waals surface area contributed by atoms with E-state index >= 15 is 0 Å². The Morgan fingerprint density at radius 1 is 1.50 bits per heavy atom. The van der Waals surface area contributed by atoms with Crippen molar-refractivity contribution in [1.82, 2.24) is 4.90 Å². The van der Waals surface area contributed by atoms with Crippen molar-refractivity contribution >= 4 is 5.91 Å². The number of nitrogens with two attached hydrogens (primary N) is 1. The number of carbonyl (C=O) groups is 1. The monoisotopic (exact) mass is 226 g/mol. The highest BCUT2D eigenvalue weighted by molar-refractivity contribution is 5.81. The fourth-order valence-corrected chi connectivity index (χ4v) is 2.36. The zero-order valence-electron chi connectivity index (χ0n) is 10.2. The van der Waals surface area contributed by atoms with Gasteiger partial charge in [0.15, 0.2) is 0 Å². The van der Waals surface area contributed by atoms with Gasteiger partial charge < -0.3 is 15.4 Å². The summed E-state index contributed by atoms with van der Waals surface area (Å²) in [4.78, 5) is 14.0. The molecule has 2 N–H and O–H groups in total. The molecule has 4 nitrogen and oxygen atoms in total. The molecule has 2 unspecified atom stereocenters. The molecule has 0 spiro atoms. The lowest BCUT2D eigenvalue weighted by atomic mass is 9.78. The van der Waals surface area contributed by atoms with Crippen LogP contribution in [0.1, 0.15) is 33.1 Å². The quantitative estimate of drug-likeness (QED) is 0.718. The fraction of sp³-hybridized carbons (Fsp3) is 0.917. The zero-order valence-corrected chi connectivity index (χ0v) is 10.2. The van der Waals surface area contributed by atoms with Gasteiger partial charge in [-0.3, -0.25) is 4.79 Å². The van der Waals surface area contributed by atoms with E-state index in [1.807, 2.05) is 4.90 Å². The molecule has 0 aromatic carbocycles. The van der Waals surface area contributed by atoms with Crippen molar-refractivity contribution < 1.29 is 9.53 Å². The molecular formula is C12H22N2O2. The van der Waals surface area contributed by atoms with Gasteiger partial charge in [-0.25, -0.2) is 0 Å². The van der Waals surface area contributed by atoms with E-state index in [4.69, 9.17) is 10.5 Å². The van der Waals surface area contributed by atoms with Gasteiger partial charge in [0.2, 0.25) is 0 Å². The Bertz CT molecular complexity index is 272. The standard InChI is InChI=1S/C12H22N2O2/c1-12(2)5-6-14(8-10(12)13)11(15)9-4-3-7-16-9/h9-10H,3-8,13H2,1-2H3. The highest BCUT2D eigenvalue weighted by Crippen LogP contribution is 2.30. The summed E-state index contributed by atoms with van der Waals surface area (Å²) in [6, 6.07) is 0.0756. The number of amides is 1. The van der Waals surface area contributed by atoms with Crippen LogP contribution < -0.4 is 5.73 Å². The van der Waals surface area contributed by atoms with Gasteiger partial charge in [-0.1, -0.05) is 13.8 Å². The van der Waals surface area contributed by atoms with Crippen LogP contribution in [0.3, 0.4) is 0 Å². The van der Waals surface area contributed by atoms with Gasteiger partial charge in [0.05, 0.1) is 0 Å². The van der Waals surface area contributed by atoms with Crippen LogP contribution in [0.2, 0.25) is 0 Å². The van der Waals surface area contributed by atoms with E-state index in [9.17, 15) is 4.79 Å². The first-order valence-corrected chi connectivity index (χ1v) is 6.17. The molecule has 0 radical (unpaired) electrons. The van der Waals surface area contributed by atoms with Gasteiger partial charge in [-0.05, 0) is 24.7 Å². The van der Waals surface area contributed by atoms with Crippen LogP contribution in [-0.4, -0.2) is 42.6 Å². The van der Waals surface area contributed by atoms with Crippen molar-refractivity contribution in [2.24, 2.45) is 11.1 Å². The largest absolute Gasteiger partial charge is 0.368 e. The Morgan fingerprint density at radius 2 is 2.25 bits per heavy atom. The lowest BCUT2D eigenvalue weighted by Crippen LogP contribution is -2.56. The minimum atomic E-state index is -0.201. The lowest BCUT2D eigenvalue weighted by Gasteiger charge is -2.42. The third-order valence-corrected chi connectivity index (χ3v) is 3.96. The first-order chi connectivity index (χ1) is 7.50. The van der Waals surface area contributed by atoms with Gasteiger partial charge in [-0.2, -0.15) is 0 Å². The van der Waals surface area contributed by atoms with E-state index in [0.29, 0.717) is 6.54 Å². The molecule has 1 amide bonds. The number of carbonyl (C=O) groups excluding carboxylic acids is 1. The molecule has 92 valence electrons. The lowest BCUT2D eigenvalue weighted by molar-refractivity contribution is -0.143. The Kier molecular flexibility index (Phi) is 3.22. The second kappa shape index (κ2) is 4.34. The van der Waals surface area contributed by atoms with E-state index < -0.39 is 0 Å². The number of likely N-dealkylation sites (tertiary alicyclic amines) is 1. The summed E-state index contributed by atoms with van der Waals surface area (Å²) in [5.41, 5.74) is 6.25. The van der Waals surface area contributed by atoms with Gasteiger partial charge in [-0.15, -0.1) is 0 Å². The SMILES string of the molecule is CC1(C)CCN(C(=O)C2CCCO2)CC1N. The third-order valence-electron chi connectivity index (χ3n) is 3.96. The summed E-state index contributed by atoms with van der Waals surface area (Å²) >= 11 is 0. The van der Waals surface area contributed by atoms with Crippen LogP contribution in [-0.2, 0) is 9.53 Å². The van der Waals surface area contributed by atoms with Gasteiger partial charge in [0.1, 0.15) is 6.10 Å². The van der Waals surface area contributed by atoms with Crippen molar-refractivity contribution in [3.8, 4) is 0 Å². The molecule has 0 aliphatic carbocycles. The number of hydrogen-bond donors (Lipinski definition) is 1. The van der Waals surface area contributed by atoms with Crippen molar-refractivity contribution in [2.45, 2.75) is 45.3 Å². The van der Waals surface area contributed by atoms with Crippen molar-refractivity contribution in [1.29, 1.82) is 0 Å². The Labute approximate surface area is 97.1 Å². The number of piperidine rings is 1. The Morgan fingerprint density at radius 3 is 2.81 bits per heavy atom. The predicted molar refractivity (Wildman–Crippen MR) is 61.9 cm³/mol. The number of ether oxygens (including phenoxy) is 1. The fourth-order valence-electron chi connectivity index (χ4n) is 2.36.